The molecule has 134 valence electrons. The Balaban J connectivity index is 1.47. The number of nitrogens with one attached hydrogen (secondary N) is 1. The summed E-state index contributed by atoms with van der Waals surface area (Å²) in [6.45, 7) is 0.500. The molecule has 1 aliphatic rings. The molecule has 9 heteroatoms. The molecule has 1 fully saturated rings. The molecule has 1 aliphatic heterocycles. The SMILES string of the molecule is O=C(Nc1ccc(N2CCCS2(=O)=O)cc1)c1cnc(-c2cccs2)s1. The first-order valence-electron chi connectivity index (χ1n) is 7.94. The number of nitrogens with zero attached hydrogens (tertiary/aromatic N) is 2. The van der Waals surface area contributed by atoms with E-state index in [1.54, 1.807) is 41.8 Å². The van der Waals surface area contributed by atoms with Crippen molar-refractivity contribution in [2.75, 3.05) is 21.9 Å². The largest absolute Gasteiger partial charge is 0.321 e. The molecule has 0 atom stereocenters. The molecule has 3 heterocycles. The lowest BCUT2D eigenvalue weighted by atomic mass is 10.2. The molecule has 1 aromatic carbocycles. The molecule has 1 N–H and O–H groups in total. The summed E-state index contributed by atoms with van der Waals surface area (Å²) < 4.78 is 25.3. The summed E-state index contributed by atoms with van der Waals surface area (Å²) in [4.78, 5) is 18.3. The van der Waals surface area contributed by atoms with Crippen molar-refractivity contribution in [2.45, 2.75) is 6.42 Å². The van der Waals surface area contributed by atoms with Crippen LogP contribution in [0.15, 0.2) is 48.0 Å². The predicted molar refractivity (Wildman–Crippen MR) is 106 cm³/mol. The number of sulfonamides is 1. The van der Waals surface area contributed by atoms with Gasteiger partial charge in [-0.05, 0) is 42.1 Å². The van der Waals surface area contributed by atoms with Crippen molar-refractivity contribution >= 4 is 50.0 Å². The summed E-state index contributed by atoms with van der Waals surface area (Å²) in [5.41, 5.74) is 1.24. The number of anilines is 2. The van der Waals surface area contributed by atoms with Gasteiger partial charge in [0.15, 0.2) is 0 Å². The Morgan fingerprint density at radius 1 is 1.19 bits per heavy atom. The van der Waals surface area contributed by atoms with E-state index in [1.165, 1.54) is 15.6 Å². The lowest BCUT2D eigenvalue weighted by molar-refractivity contribution is 0.103. The molecule has 2 aromatic heterocycles. The van der Waals surface area contributed by atoms with Gasteiger partial charge in [-0.3, -0.25) is 9.10 Å². The number of thiophene rings is 1. The molecule has 4 rings (SSSR count). The van der Waals surface area contributed by atoms with Gasteiger partial charge in [-0.2, -0.15) is 0 Å². The molecule has 0 bridgehead atoms. The fraction of sp³-hybridized carbons (Fsp3) is 0.176. The van der Waals surface area contributed by atoms with Crippen LogP contribution < -0.4 is 9.62 Å². The number of hydrogen-bond acceptors (Lipinski definition) is 6. The average Bonchev–Trinajstić information content (AvgIpc) is 3.35. The number of amides is 1. The molecule has 26 heavy (non-hydrogen) atoms. The second-order valence-electron chi connectivity index (χ2n) is 5.75. The van der Waals surface area contributed by atoms with Crippen LogP contribution in [0.3, 0.4) is 0 Å². The Labute approximate surface area is 159 Å². The predicted octanol–water partition coefficient (Wildman–Crippen LogP) is 3.66. The summed E-state index contributed by atoms with van der Waals surface area (Å²) in [5, 5.41) is 5.61. The van der Waals surface area contributed by atoms with E-state index in [0.717, 1.165) is 9.88 Å². The quantitative estimate of drug-likeness (QED) is 0.718. The van der Waals surface area contributed by atoms with Crippen LogP contribution in [0.1, 0.15) is 16.1 Å². The van der Waals surface area contributed by atoms with Crippen LogP contribution in [0.25, 0.3) is 9.88 Å². The molecule has 0 spiro atoms. The maximum Gasteiger partial charge on any atom is 0.267 e. The summed E-state index contributed by atoms with van der Waals surface area (Å²) in [6, 6.07) is 10.8. The first kappa shape index (κ1) is 17.2. The topological polar surface area (TPSA) is 79.4 Å². The number of aromatic nitrogens is 1. The zero-order valence-electron chi connectivity index (χ0n) is 13.6. The minimum atomic E-state index is -3.20. The van der Waals surface area contributed by atoms with Gasteiger partial charge in [0.25, 0.3) is 5.91 Å². The first-order chi connectivity index (χ1) is 12.5. The van der Waals surface area contributed by atoms with Crippen LogP contribution in [-0.4, -0.2) is 31.6 Å². The Bertz CT molecular complexity index is 1020. The van der Waals surface area contributed by atoms with Crippen molar-refractivity contribution in [3.63, 3.8) is 0 Å². The van der Waals surface area contributed by atoms with Gasteiger partial charge in [0, 0.05) is 12.2 Å². The van der Waals surface area contributed by atoms with Gasteiger partial charge in [0.1, 0.15) is 9.88 Å². The van der Waals surface area contributed by atoms with Crippen molar-refractivity contribution < 1.29 is 13.2 Å². The maximum absolute atomic E-state index is 12.4. The Morgan fingerprint density at radius 3 is 2.65 bits per heavy atom. The average molecular weight is 406 g/mol. The first-order valence-corrected chi connectivity index (χ1v) is 11.2. The van der Waals surface area contributed by atoms with Crippen LogP contribution >= 0.6 is 22.7 Å². The standard InChI is InChI=1S/C17H15N3O3S3/c21-16(15-11-18-17(25-15)14-3-1-9-24-14)19-12-4-6-13(7-5-12)20-8-2-10-26(20,22)23/h1,3-7,9,11H,2,8,10H2,(H,19,21). The van der Waals surface area contributed by atoms with Crippen LogP contribution in [0.5, 0.6) is 0 Å². The Morgan fingerprint density at radius 2 is 2.00 bits per heavy atom. The summed E-state index contributed by atoms with van der Waals surface area (Å²) >= 11 is 2.92. The number of thiazole rings is 1. The van der Waals surface area contributed by atoms with E-state index in [-0.39, 0.29) is 11.7 Å². The molecule has 1 amide bonds. The van der Waals surface area contributed by atoms with E-state index in [2.05, 4.69) is 10.3 Å². The van der Waals surface area contributed by atoms with Gasteiger partial charge in [-0.1, -0.05) is 6.07 Å². The van der Waals surface area contributed by atoms with Crippen LogP contribution in [0.2, 0.25) is 0 Å². The number of rotatable bonds is 4. The van der Waals surface area contributed by atoms with E-state index in [1.807, 2.05) is 17.5 Å². The molecular formula is C17H15N3O3S3. The number of benzene rings is 1. The van der Waals surface area contributed by atoms with E-state index in [9.17, 15) is 13.2 Å². The lowest BCUT2D eigenvalue weighted by Crippen LogP contribution is -2.24. The maximum atomic E-state index is 12.4. The van der Waals surface area contributed by atoms with Crippen molar-refractivity contribution in [2.24, 2.45) is 0 Å². The van der Waals surface area contributed by atoms with E-state index in [0.29, 0.717) is 29.2 Å². The van der Waals surface area contributed by atoms with E-state index >= 15 is 0 Å². The lowest BCUT2D eigenvalue weighted by Gasteiger charge is -2.17. The van der Waals surface area contributed by atoms with E-state index < -0.39 is 10.0 Å². The molecule has 3 aromatic rings. The van der Waals surface area contributed by atoms with Crippen molar-refractivity contribution in [3.8, 4) is 9.88 Å². The zero-order chi connectivity index (χ0) is 18.1. The third-order valence-electron chi connectivity index (χ3n) is 3.97. The second-order valence-corrected chi connectivity index (χ2v) is 9.74. The van der Waals surface area contributed by atoms with Gasteiger partial charge in [0.2, 0.25) is 10.0 Å². The fourth-order valence-corrected chi connectivity index (χ4v) is 5.91. The van der Waals surface area contributed by atoms with Gasteiger partial charge < -0.3 is 5.32 Å². The fourth-order valence-electron chi connectivity index (χ4n) is 2.73. The smallest absolute Gasteiger partial charge is 0.267 e. The molecule has 0 unspecified atom stereocenters. The summed E-state index contributed by atoms with van der Waals surface area (Å²) in [6.07, 6.45) is 2.21. The highest BCUT2D eigenvalue weighted by atomic mass is 32.2. The van der Waals surface area contributed by atoms with E-state index in [4.69, 9.17) is 0 Å². The third-order valence-corrected chi connectivity index (χ3v) is 7.88. The molecular weight excluding hydrogens is 390 g/mol. The zero-order valence-corrected chi connectivity index (χ0v) is 16.0. The van der Waals surface area contributed by atoms with Crippen molar-refractivity contribution in [1.29, 1.82) is 0 Å². The number of carbonyl (C=O) groups is 1. The monoisotopic (exact) mass is 405 g/mol. The summed E-state index contributed by atoms with van der Waals surface area (Å²) in [5.74, 6) is -0.0458. The highest BCUT2D eigenvalue weighted by molar-refractivity contribution is 7.93. The molecule has 0 aliphatic carbocycles. The van der Waals surface area contributed by atoms with Crippen LogP contribution in [-0.2, 0) is 10.0 Å². The number of hydrogen-bond donors (Lipinski definition) is 1. The third kappa shape index (κ3) is 3.37. The van der Waals surface area contributed by atoms with Gasteiger partial charge in [0.05, 0.1) is 22.5 Å². The minimum Gasteiger partial charge on any atom is -0.321 e. The highest BCUT2D eigenvalue weighted by Crippen LogP contribution is 2.30. The molecule has 6 nitrogen and oxygen atoms in total. The number of carbonyl (C=O) groups excluding carboxylic acids is 1. The molecule has 0 radical (unpaired) electrons. The van der Waals surface area contributed by atoms with Crippen molar-refractivity contribution in [1.82, 2.24) is 4.98 Å². The van der Waals surface area contributed by atoms with Gasteiger partial charge >= 0.3 is 0 Å². The second kappa shape index (κ2) is 6.82. The van der Waals surface area contributed by atoms with Gasteiger partial charge in [-0.25, -0.2) is 13.4 Å². The molecule has 0 saturated carbocycles. The Hall–Kier alpha value is -2.23. The minimum absolute atomic E-state index is 0.184. The Kier molecular flexibility index (Phi) is 4.51. The summed E-state index contributed by atoms with van der Waals surface area (Å²) in [7, 11) is -3.20. The van der Waals surface area contributed by atoms with Crippen LogP contribution in [0, 0.1) is 0 Å². The van der Waals surface area contributed by atoms with Crippen molar-refractivity contribution in [3.05, 3.63) is 52.9 Å². The van der Waals surface area contributed by atoms with Gasteiger partial charge in [-0.15, -0.1) is 22.7 Å². The highest BCUT2D eigenvalue weighted by Gasteiger charge is 2.28. The normalized spacial score (nSPS) is 15.9. The van der Waals surface area contributed by atoms with Crippen LogP contribution in [0.4, 0.5) is 11.4 Å². The molecule has 1 saturated heterocycles.